The second-order valence-electron chi connectivity index (χ2n) is 7.62. The van der Waals surface area contributed by atoms with Crippen molar-refractivity contribution >= 4 is 0 Å². The van der Waals surface area contributed by atoms with E-state index in [1.54, 1.807) is 0 Å². The molecule has 3 aromatic rings. The van der Waals surface area contributed by atoms with Crippen LogP contribution in [0.15, 0.2) is 60.7 Å². The molecule has 0 spiro atoms. The minimum atomic E-state index is 0.152. The van der Waals surface area contributed by atoms with Gasteiger partial charge in [0.25, 0.3) is 0 Å². The average Bonchev–Trinajstić information content (AvgIpc) is 3.24. The highest BCUT2D eigenvalue weighted by Crippen LogP contribution is 2.37. The molecule has 0 aliphatic heterocycles. The normalized spacial score (nSPS) is 12.8. The van der Waals surface area contributed by atoms with Crippen molar-refractivity contribution in [1.29, 1.82) is 0 Å². The van der Waals surface area contributed by atoms with Crippen LogP contribution < -0.4 is 10.1 Å². The number of ether oxygens (including phenoxy) is 1. The maximum Gasteiger partial charge on any atom is 0.119 e. The van der Waals surface area contributed by atoms with Crippen molar-refractivity contribution in [1.82, 2.24) is 5.32 Å². The molecule has 3 heteroatoms. The van der Waals surface area contributed by atoms with Gasteiger partial charge in [0.15, 0.2) is 0 Å². The summed E-state index contributed by atoms with van der Waals surface area (Å²) in [6.07, 6.45) is 3.66. The molecule has 4 rings (SSSR count). The topological polar surface area (TPSA) is 41.5 Å². The lowest BCUT2D eigenvalue weighted by Crippen LogP contribution is -2.23. The molecule has 1 aliphatic rings. The van der Waals surface area contributed by atoms with Crippen molar-refractivity contribution in [3.05, 3.63) is 77.4 Å². The van der Waals surface area contributed by atoms with Crippen LogP contribution in [0, 0.1) is 6.92 Å². The predicted octanol–water partition coefficient (Wildman–Crippen LogP) is 4.78. The molecule has 3 nitrogen and oxygen atoms in total. The maximum absolute atomic E-state index is 8.78. The molecule has 2 N–H and O–H groups in total. The summed E-state index contributed by atoms with van der Waals surface area (Å²) in [4.78, 5) is 0. The maximum atomic E-state index is 8.78. The molecule has 3 aromatic carbocycles. The van der Waals surface area contributed by atoms with Crippen LogP contribution in [0.3, 0.4) is 0 Å². The van der Waals surface area contributed by atoms with Crippen molar-refractivity contribution in [3.8, 4) is 28.0 Å². The number of aliphatic hydroxyl groups is 1. The molecule has 150 valence electrons. The van der Waals surface area contributed by atoms with Gasteiger partial charge in [-0.05, 0) is 77.3 Å². The van der Waals surface area contributed by atoms with E-state index < -0.39 is 0 Å². The molecule has 0 fully saturated rings. The van der Waals surface area contributed by atoms with Crippen LogP contribution >= 0.6 is 0 Å². The van der Waals surface area contributed by atoms with Gasteiger partial charge in [0.05, 0.1) is 6.61 Å². The number of hydrogen-bond acceptors (Lipinski definition) is 3. The van der Waals surface area contributed by atoms with Crippen LogP contribution in [-0.4, -0.2) is 31.4 Å². The van der Waals surface area contributed by atoms with E-state index in [-0.39, 0.29) is 6.61 Å². The summed E-state index contributed by atoms with van der Waals surface area (Å²) in [6, 6.07) is 21.7. The van der Waals surface area contributed by atoms with E-state index in [1.165, 1.54) is 58.2 Å². The third-order valence-corrected chi connectivity index (χ3v) is 5.77. The number of aryl methyl sites for hydroxylation is 1. The Bertz CT molecular complexity index is 963. The molecule has 0 aromatic heterocycles. The van der Waals surface area contributed by atoms with E-state index >= 15 is 0 Å². The molecule has 0 heterocycles. The van der Waals surface area contributed by atoms with Gasteiger partial charge >= 0.3 is 0 Å². The zero-order chi connectivity index (χ0) is 20.1. The average molecular weight is 388 g/mol. The lowest BCUT2D eigenvalue weighted by Gasteiger charge is -2.15. The van der Waals surface area contributed by atoms with E-state index in [1.807, 2.05) is 12.1 Å². The van der Waals surface area contributed by atoms with E-state index in [2.05, 4.69) is 60.8 Å². The summed E-state index contributed by atoms with van der Waals surface area (Å²) in [5, 5.41) is 11.9. The highest BCUT2D eigenvalue weighted by atomic mass is 16.5. The first-order valence-electron chi connectivity index (χ1n) is 10.5. The number of rotatable bonds is 8. The molecule has 0 amide bonds. The van der Waals surface area contributed by atoms with Gasteiger partial charge in [-0.3, -0.25) is 0 Å². The Hall–Kier alpha value is -2.62. The van der Waals surface area contributed by atoms with Crippen LogP contribution in [0.1, 0.15) is 23.1 Å². The van der Waals surface area contributed by atoms with Gasteiger partial charge in [-0.15, -0.1) is 0 Å². The summed E-state index contributed by atoms with van der Waals surface area (Å²) in [7, 11) is 0. The Morgan fingerprint density at radius 3 is 2.45 bits per heavy atom. The standard InChI is InChI=1S/C26H29NO2/c1-19-23(21-11-13-22(14-12-21)29-18-16-27-15-17-28)7-4-8-24(19)26-10-3-6-20-5-2-9-25(20)26/h3-4,6-8,10-14,27-28H,2,5,9,15-18H2,1H3. The quantitative estimate of drug-likeness (QED) is 0.547. The van der Waals surface area contributed by atoms with Crippen LogP contribution in [0.4, 0.5) is 0 Å². The lowest BCUT2D eigenvalue weighted by molar-refractivity contribution is 0.276. The van der Waals surface area contributed by atoms with Crippen LogP contribution in [0.2, 0.25) is 0 Å². The Kier molecular flexibility index (Phi) is 6.28. The molecule has 0 atom stereocenters. The van der Waals surface area contributed by atoms with Gasteiger partial charge in [-0.1, -0.05) is 48.5 Å². The van der Waals surface area contributed by atoms with Crippen molar-refractivity contribution < 1.29 is 9.84 Å². The molecular weight excluding hydrogens is 358 g/mol. The third kappa shape index (κ3) is 4.36. The van der Waals surface area contributed by atoms with Gasteiger partial charge in [0.2, 0.25) is 0 Å². The zero-order valence-electron chi connectivity index (χ0n) is 17.1. The van der Waals surface area contributed by atoms with E-state index in [9.17, 15) is 0 Å². The Morgan fingerprint density at radius 2 is 1.62 bits per heavy atom. The second-order valence-corrected chi connectivity index (χ2v) is 7.62. The lowest BCUT2D eigenvalue weighted by atomic mass is 9.89. The van der Waals surface area contributed by atoms with Crippen molar-refractivity contribution in [3.63, 3.8) is 0 Å². The van der Waals surface area contributed by atoms with E-state index in [0.717, 1.165) is 12.3 Å². The van der Waals surface area contributed by atoms with Crippen molar-refractivity contribution in [2.75, 3.05) is 26.3 Å². The van der Waals surface area contributed by atoms with Crippen molar-refractivity contribution in [2.45, 2.75) is 26.2 Å². The number of benzene rings is 3. The SMILES string of the molecule is Cc1c(-c2ccc(OCCNCCO)cc2)cccc1-c1cccc2c1CCC2. The molecule has 0 saturated carbocycles. The highest BCUT2D eigenvalue weighted by Gasteiger charge is 2.17. The predicted molar refractivity (Wildman–Crippen MR) is 120 cm³/mol. The molecule has 0 saturated heterocycles. The number of fused-ring (bicyclic) bond motifs is 1. The molecule has 29 heavy (non-hydrogen) atoms. The summed E-state index contributed by atoms with van der Waals surface area (Å²) >= 11 is 0. The van der Waals surface area contributed by atoms with E-state index in [0.29, 0.717) is 13.2 Å². The minimum Gasteiger partial charge on any atom is -0.492 e. The Morgan fingerprint density at radius 1 is 0.862 bits per heavy atom. The Balaban J connectivity index is 1.54. The molecular formula is C26H29NO2. The minimum absolute atomic E-state index is 0.152. The first-order valence-corrected chi connectivity index (χ1v) is 10.5. The van der Waals surface area contributed by atoms with Gasteiger partial charge < -0.3 is 15.2 Å². The summed E-state index contributed by atoms with van der Waals surface area (Å²) in [6.45, 7) is 4.30. The van der Waals surface area contributed by atoms with Gasteiger partial charge in [0.1, 0.15) is 12.4 Å². The number of aliphatic hydroxyl groups excluding tert-OH is 1. The van der Waals surface area contributed by atoms with Gasteiger partial charge in [-0.2, -0.15) is 0 Å². The summed E-state index contributed by atoms with van der Waals surface area (Å²) in [5.41, 5.74) is 9.60. The largest absolute Gasteiger partial charge is 0.492 e. The van der Waals surface area contributed by atoms with Crippen LogP contribution in [0.5, 0.6) is 5.75 Å². The van der Waals surface area contributed by atoms with Crippen molar-refractivity contribution in [2.24, 2.45) is 0 Å². The van der Waals surface area contributed by atoms with Crippen LogP contribution in [0.25, 0.3) is 22.3 Å². The summed E-state index contributed by atoms with van der Waals surface area (Å²) in [5.74, 6) is 0.870. The zero-order valence-corrected chi connectivity index (χ0v) is 17.1. The first-order chi connectivity index (χ1) is 14.3. The Labute approximate surface area is 173 Å². The fourth-order valence-electron chi connectivity index (χ4n) is 4.29. The highest BCUT2D eigenvalue weighted by molar-refractivity contribution is 5.80. The number of hydrogen-bond donors (Lipinski definition) is 2. The van der Waals surface area contributed by atoms with Crippen LogP contribution in [-0.2, 0) is 12.8 Å². The van der Waals surface area contributed by atoms with E-state index in [4.69, 9.17) is 9.84 Å². The molecule has 0 unspecified atom stereocenters. The summed E-state index contributed by atoms with van der Waals surface area (Å²) < 4.78 is 5.77. The van der Waals surface area contributed by atoms with Gasteiger partial charge in [-0.25, -0.2) is 0 Å². The molecule has 0 bridgehead atoms. The fraction of sp³-hybridized carbons (Fsp3) is 0.308. The molecule has 0 radical (unpaired) electrons. The number of nitrogens with one attached hydrogen (secondary N) is 1. The second kappa shape index (κ2) is 9.25. The monoisotopic (exact) mass is 387 g/mol. The third-order valence-electron chi connectivity index (χ3n) is 5.77. The fourth-order valence-corrected chi connectivity index (χ4v) is 4.29. The smallest absolute Gasteiger partial charge is 0.119 e. The van der Waals surface area contributed by atoms with Gasteiger partial charge in [0, 0.05) is 13.1 Å². The first kappa shape index (κ1) is 19.7. The molecule has 1 aliphatic carbocycles.